The molecule has 1 N–H and O–H groups in total. The number of halogens is 2. The highest BCUT2D eigenvalue weighted by molar-refractivity contribution is 9.10. The normalized spacial score (nSPS) is 10.6. The van der Waals surface area contributed by atoms with Gasteiger partial charge in [-0.1, -0.05) is 48.9 Å². The Morgan fingerprint density at radius 1 is 0.923 bits per heavy atom. The molecule has 0 aliphatic heterocycles. The van der Waals surface area contributed by atoms with E-state index in [-0.39, 0.29) is 0 Å². The van der Waals surface area contributed by atoms with Gasteiger partial charge in [0.15, 0.2) is 0 Å². The van der Waals surface area contributed by atoms with Crippen molar-refractivity contribution >= 4 is 33.2 Å². The Morgan fingerprint density at radius 3 is 2.38 bits per heavy atom. The molecule has 0 amide bonds. The van der Waals surface area contributed by atoms with Gasteiger partial charge in [0, 0.05) is 17.3 Å². The molecular weight excluding hydrogens is 410 g/mol. The minimum Gasteiger partial charge on any atom is -0.488 e. The average Bonchev–Trinajstić information content (AvgIpc) is 2.66. The Morgan fingerprint density at radius 2 is 1.69 bits per heavy atom. The molecule has 134 valence electrons. The van der Waals surface area contributed by atoms with Crippen molar-refractivity contribution in [3.8, 4) is 5.75 Å². The van der Waals surface area contributed by atoms with Gasteiger partial charge in [-0.2, -0.15) is 0 Å². The van der Waals surface area contributed by atoms with Crippen LogP contribution < -0.4 is 10.1 Å². The lowest BCUT2D eigenvalue weighted by molar-refractivity contribution is 0.304. The van der Waals surface area contributed by atoms with Crippen LogP contribution >= 0.6 is 27.5 Å². The maximum atomic E-state index is 6.01. The van der Waals surface area contributed by atoms with Gasteiger partial charge in [0.1, 0.15) is 12.4 Å². The molecule has 3 aromatic rings. The first-order chi connectivity index (χ1) is 12.6. The number of hydrogen-bond acceptors (Lipinski definition) is 2. The molecule has 0 radical (unpaired) electrons. The van der Waals surface area contributed by atoms with Crippen molar-refractivity contribution < 1.29 is 4.74 Å². The fourth-order valence-electron chi connectivity index (χ4n) is 2.62. The van der Waals surface area contributed by atoms with Crippen LogP contribution in [0.2, 0.25) is 5.02 Å². The first kappa shape index (κ1) is 18.8. The highest BCUT2D eigenvalue weighted by Crippen LogP contribution is 2.27. The first-order valence-corrected chi connectivity index (χ1v) is 9.79. The molecule has 2 nitrogen and oxygen atoms in total. The topological polar surface area (TPSA) is 21.3 Å². The van der Waals surface area contributed by atoms with Gasteiger partial charge in [0.2, 0.25) is 0 Å². The zero-order valence-corrected chi connectivity index (χ0v) is 17.0. The van der Waals surface area contributed by atoms with E-state index in [0.29, 0.717) is 6.61 Å². The highest BCUT2D eigenvalue weighted by atomic mass is 79.9. The molecule has 0 atom stereocenters. The Kier molecular flexibility index (Phi) is 6.59. The molecule has 0 aliphatic carbocycles. The zero-order chi connectivity index (χ0) is 18.4. The molecule has 0 aromatic heterocycles. The molecular formula is C22H21BrClNO. The van der Waals surface area contributed by atoms with Crippen LogP contribution in [0.25, 0.3) is 0 Å². The largest absolute Gasteiger partial charge is 0.488 e. The fraction of sp³-hybridized carbons (Fsp3) is 0.182. The molecule has 4 heteroatoms. The second-order valence-electron chi connectivity index (χ2n) is 6.09. The standard InChI is InChI=1S/C22H21BrClNO/c1-2-16-6-9-20(10-7-16)25-14-17-8-11-22(21(23)13-17)26-15-18-4-3-5-19(24)12-18/h3-13,25H,2,14-15H2,1H3. The predicted octanol–water partition coefficient (Wildman–Crippen LogP) is 6.86. The van der Waals surface area contributed by atoms with Gasteiger partial charge in [-0.25, -0.2) is 0 Å². The Bertz CT molecular complexity index is 864. The number of hydrogen-bond donors (Lipinski definition) is 1. The molecule has 0 saturated carbocycles. The molecule has 26 heavy (non-hydrogen) atoms. The van der Waals surface area contributed by atoms with E-state index in [2.05, 4.69) is 64.6 Å². The summed E-state index contributed by atoms with van der Waals surface area (Å²) in [6.45, 7) is 3.41. The number of anilines is 1. The second kappa shape index (κ2) is 9.11. The fourth-order valence-corrected chi connectivity index (χ4v) is 3.38. The van der Waals surface area contributed by atoms with Gasteiger partial charge in [-0.05, 0) is 75.4 Å². The Labute approximate surface area is 168 Å². The van der Waals surface area contributed by atoms with E-state index >= 15 is 0 Å². The van der Waals surface area contributed by atoms with Gasteiger partial charge < -0.3 is 10.1 Å². The molecule has 0 heterocycles. The van der Waals surface area contributed by atoms with Crippen molar-refractivity contribution in [2.75, 3.05) is 5.32 Å². The van der Waals surface area contributed by atoms with Crippen LogP contribution in [0.15, 0.2) is 71.2 Å². The summed E-state index contributed by atoms with van der Waals surface area (Å²) in [7, 11) is 0. The lowest BCUT2D eigenvalue weighted by Gasteiger charge is -2.11. The number of benzene rings is 3. The van der Waals surface area contributed by atoms with Crippen LogP contribution in [-0.2, 0) is 19.6 Å². The maximum Gasteiger partial charge on any atom is 0.134 e. The molecule has 0 bridgehead atoms. The van der Waals surface area contributed by atoms with Gasteiger partial charge >= 0.3 is 0 Å². The van der Waals surface area contributed by atoms with Crippen LogP contribution in [0.3, 0.4) is 0 Å². The van der Waals surface area contributed by atoms with E-state index in [1.807, 2.05) is 30.3 Å². The van der Waals surface area contributed by atoms with Crippen molar-refractivity contribution in [1.29, 1.82) is 0 Å². The maximum absolute atomic E-state index is 6.01. The van der Waals surface area contributed by atoms with Crippen LogP contribution in [0.1, 0.15) is 23.6 Å². The predicted molar refractivity (Wildman–Crippen MR) is 113 cm³/mol. The van der Waals surface area contributed by atoms with E-state index in [9.17, 15) is 0 Å². The van der Waals surface area contributed by atoms with Crippen molar-refractivity contribution in [3.63, 3.8) is 0 Å². The summed E-state index contributed by atoms with van der Waals surface area (Å²) >= 11 is 9.61. The van der Waals surface area contributed by atoms with Crippen LogP contribution in [0.4, 0.5) is 5.69 Å². The lowest BCUT2D eigenvalue weighted by Crippen LogP contribution is -2.01. The van der Waals surface area contributed by atoms with Crippen molar-refractivity contribution in [2.24, 2.45) is 0 Å². The summed E-state index contributed by atoms with van der Waals surface area (Å²) < 4.78 is 6.84. The van der Waals surface area contributed by atoms with Crippen molar-refractivity contribution in [1.82, 2.24) is 0 Å². The molecule has 0 saturated heterocycles. The van der Waals surface area contributed by atoms with Gasteiger partial charge in [-0.3, -0.25) is 0 Å². The number of ether oxygens (including phenoxy) is 1. The number of nitrogens with one attached hydrogen (secondary N) is 1. The van der Waals surface area contributed by atoms with Gasteiger partial charge in [-0.15, -0.1) is 0 Å². The monoisotopic (exact) mass is 429 g/mol. The summed E-state index contributed by atoms with van der Waals surface area (Å²) in [4.78, 5) is 0. The Hall–Kier alpha value is -1.97. The molecule has 0 fully saturated rings. The lowest BCUT2D eigenvalue weighted by atomic mass is 10.1. The van der Waals surface area contributed by atoms with E-state index < -0.39 is 0 Å². The smallest absolute Gasteiger partial charge is 0.134 e. The molecule has 3 aromatic carbocycles. The third-order valence-electron chi connectivity index (χ3n) is 4.14. The average molecular weight is 431 g/mol. The second-order valence-corrected chi connectivity index (χ2v) is 7.38. The van der Waals surface area contributed by atoms with Gasteiger partial charge in [0.05, 0.1) is 4.47 Å². The van der Waals surface area contributed by atoms with E-state index in [4.69, 9.17) is 16.3 Å². The summed E-state index contributed by atoms with van der Waals surface area (Å²) in [5.41, 5.74) is 4.70. The molecule has 3 rings (SSSR count). The highest BCUT2D eigenvalue weighted by Gasteiger charge is 2.04. The van der Waals surface area contributed by atoms with E-state index in [0.717, 1.165) is 39.5 Å². The Balaban J connectivity index is 1.58. The zero-order valence-electron chi connectivity index (χ0n) is 14.6. The SMILES string of the molecule is CCc1ccc(NCc2ccc(OCc3cccc(Cl)c3)c(Br)c2)cc1. The quantitative estimate of drug-likeness (QED) is 0.442. The molecule has 0 aliphatic rings. The third-order valence-corrected chi connectivity index (χ3v) is 4.99. The summed E-state index contributed by atoms with van der Waals surface area (Å²) in [6.07, 6.45) is 1.06. The molecule has 0 unspecified atom stereocenters. The van der Waals surface area contributed by atoms with Crippen LogP contribution in [0.5, 0.6) is 5.75 Å². The van der Waals surface area contributed by atoms with E-state index in [1.165, 1.54) is 11.1 Å². The summed E-state index contributed by atoms with van der Waals surface area (Å²) in [5, 5.41) is 4.17. The number of rotatable bonds is 7. The first-order valence-electron chi connectivity index (χ1n) is 8.62. The summed E-state index contributed by atoms with van der Waals surface area (Å²) in [6, 6.07) is 22.4. The van der Waals surface area contributed by atoms with Crippen molar-refractivity contribution in [2.45, 2.75) is 26.5 Å². The minimum atomic E-state index is 0.487. The van der Waals surface area contributed by atoms with E-state index in [1.54, 1.807) is 0 Å². The molecule has 0 spiro atoms. The third kappa shape index (κ3) is 5.26. The van der Waals surface area contributed by atoms with Crippen LogP contribution in [0, 0.1) is 0 Å². The number of aryl methyl sites for hydroxylation is 1. The van der Waals surface area contributed by atoms with Gasteiger partial charge in [0.25, 0.3) is 0 Å². The minimum absolute atomic E-state index is 0.487. The van der Waals surface area contributed by atoms with Crippen molar-refractivity contribution in [3.05, 3.63) is 92.9 Å². The van der Waals surface area contributed by atoms with Crippen LogP contribution in [-0.4, -0.2) is 0 Å². The summed E-state index contributed by atoms with van der Waals surface area (Å²) in [5.74, 6) is 0.820.